The molecule has 0 aliphatic heterocycles. The molecule has 0 N–H and O–H groups in total. The second-order valence-corrected chi connectivity index (χ2v) is 6.29. The Hall–Kier alpha value is -1.41. The van der Waals surface area contributed by atoms with E-state index in [1.807, 2.05) is 52.0 Å². The molecule has 0 heterocycles. The second-order valence-electron chi connectivity index (χ2n) is 5.85. The van der Waals surface area contributed by atoms with Gasteiger partial charge in [0.2, 0.25) is 0 Å². The summed E-state index contributed by atoms with van der Waals surface area (Å²) in [7, 11) is 0. The molecule has 2 aromatic carbocycles. The highest BCUT2D eigenvalue weighted by molar-refractivity contribution is 6.30. The highest BCUT2D eigenvalue weighted by Gasteiger charge is 2.05. The van der Waals surface area contributed by atoms with Crippen LogP contribution in [0.1, 0.15) is 70.1 Å². The van der Waals surface area contributed by atoms with Crippen molar-refractivity contribution in [1.82, 2.24) is 0 Å². The largest absolute Gasteiger partial charge is 0.246 e. The van der Waals surface area contributed by atoms with Crippen LogP contribution in [-0.4, -0.2) is 0 Å². The van der Waals surface area contributed by atoms with Gasteiger partial charge in [0.25, 0.3) is 0 Å². The fraction of sp³-hybridized carbons (Fsp3) is 0.429. The molecule has 0 bridgehead atoms. The molecular weight excluding hydrogens is 326 g/mol. The first-order valence-corrected chi connectivity index (χ1v) is 8.82. The van der Waals surface area contributed by atoms with Crippen LogP contribution >= 0.6 is 11.6 Å². The summed E-state index contributed by atoms with van der Waals surface area (Å²) in [5.41, 5.74) is 2.74. The van der Waals surface area contributed by atoms with E-state index < -0.39 is 0 Å². The van der Waals surface area contributed by atoms with Crippen LogP contribution in [0.5, 0.6) is 0 Å². The normalized spacial score (nSPS) is 9.96. The summed E-state index contributed by atoms with van der Waals surface area (Å²) < 4.78 is 25.1. The molecule has 0 aliphatic rings. The molecule has 0 saturated carbocycles. The van der Waals surface area contributed by atoms with Crippen LogP contribution in [0.4, 0.5) is 8.78 Å². The van der Waals surface area contributed by atoms with Crippen molar-refractivity contribution >= 4 is 11.6 Å². The summed E-state index contributed by atoms with van der Waals surface area (Å²) in [5.74, 6) is 0.531. The van der Waals surface area contributed by atoms with Crippen molar-refractivity contribution in [3.63, 3.8) is 0 Å². The van der Waals surface area contributed by atoms with Gasteiger partial charge in [-0.05, 0) is 40.7 Å². The Morgan fingerprint density at radius 3 is 1.79 bits per heavy atom. The maximum absolute atomic E-state index is 13.0. The minimum atomic E-state index is -0.363. The number of benzene rings is 2. The van der Waals surface area contributed by atoms with E-state index in [1.54, 1.807) is 12.1 Å². The van der Waals surface area contributed by atoms with Crippen LogP contribution in [0.2, 0.25) is 5.02 Å². The minimum absolute atomic E-state index is 0.215. The summed E-state index contributed by atoms with van der Waals surface area (Å²) in [5, 5.41) is 0.451. The molecule has 2 rings (SSSR count). The Balaban J connectivity index is 0.000000400. The van der Waals surface area contributed by atoms with Gasteiger partial charge < -0.3 is 0 Å². The van der Waals surface area contributed by atoms with Gasteiger partial charge in [-0.2, -0.15) is 0 Å². The SMILES string of the molecule is CC.CC(C)c1ccc(CF)cc1.CC(C)c1ccc(Cl)cc1F. The van der Waals surface area contributed by atoms with E-state index in [4.69, 9.17) is 11.6 Å². The Morgan fingerprint density at radius 2 is 1.42 bits per heavy atom. The van der Waals surface area contributed by atoms with E-state index >= 15 is 0 Å². The average molecular weight is 355 g/mol. The standard InChI is InChI=1S/C10H13F.C9H10ClF.C2H6/c1-8(2)10-5-3-9(7-11)4-6-10;1-6(2)8-4-3-7(10)5-9(8)11;1-2/h3-6,8H,7H2,1-2H3;3-6H,1-2H3;1-2H3. The van der Waals surface area contributed by atoms with Crippen LogP contribution in [0.3, 0.4) is 0 Å². The van der Waals surface area contributed by atoms with Gasteiger partial charge >= 0.3 is 0 Å². The molecule has 0 atom stereocenters. The lowest BCUT2D eigenvalue weighted by atomic mass is 10.0. The Bertz CT molecular complexity index is 575. The van der Waals surface area contributed by atoms with Gasteiger partial charge in [0.15, 0.2) is 0 Å². The molecular formula is C21H29ClF2. The molecule has 0 aliphatic carbocycles. The van der Waals surface area contributed by atoms with Gasteiger partial charge in [-0.25, -0.2) is 8.78 Å². The molecule has 0 spiro atoms. The summed E-state index contributed by atoms with van der Waals surface area (Å²) in [6, 6.07) is 12.4. The van der Waals surface area contributed by atoms with E-state index in [0.717, 1.165) is 11.1 Å². The van der Waals surface area contributed by atoms with Crippen LogP contribution in [0, 0.1) is 5.82 Å². The summed E-state index contributed by atoms with van der Waals surface area (Å²) in [6.45, 7) is 11.8. The second kappa shape index (κ2) is 12.0. The Labute approximate surface area is 150 Å². The zero-order valence-corrected chi connectivity index (χ0v) is 16.3. The van der Waals surface area contributed by atoms with Gasteiger partial charge in [0.05, 0.1) is 0 Å². The molecule has 0 radical (unpaired) electrons. The first-order chi connectivity index (χ1) is 11.3. The maximum Gasteiger partial charge on any atom is 0.128 e. The predicted octanol–water partition coefficient (Wildman–Crippen LogP) is 7.91. The van der Waals surface area contributed by atoms with Crippen LogP contribution < -0.4 is 0 Å². The lowest BCUT2D eigenvalue weighted by Crippen LogP contribution is -1.91. The smallest absolute Gasteiger partial charge is 0.128 e. The Morgan fingerprint density at radius 1 is 0.875 bits per heavy atom. The van der Waals surface area contributed by atoms with Gasteiger partial charge in [0.1, 0.15) is 12.5 Å². The molecule has 24 heavy (non-hydrogen) atoms. The van der Waals surface area contributed by atoms with Crippen molar-refractivity contribution in [1.29, 1.82) is 0 Å². The molecule has 3 heteroatoms. The van der Waals surface area contributed by atoms with Crippen molar-refractivity contribution in [2.24, 2.45) is 0 Å². The van der Waals surface area contributed by atoms with E-state index in [9.17, 15) is 8.78 Å². The van der Waals surface area contributed by atoms with Crippen molar-refractivity contribution in [2.45, 2.75) is 60.1 Å². The van der Waals surface area contributed by atoms with Gasteiger partial charge in [-0.1, -0.05) is 83.5 Å². The van der Waals surface area contributed by atoms with Crippen molar-refractivity contribution in [3.8, 4) is 0 Å². The first-order valence-electron chi connectivity index (χ1n) is 8.44. The third-order valence-corrected chi connectivity index (χ3v) is 3.62. The average Bonchev–Trinajstić information content (AvgIpc) is 2.57. The quantitative estimate of drug-likeness (QED) is 0.525. The topological polar surface area (TPSA) is 0 Å². The van der Waals surface area contributed by atoms with Crippen molar-refractivity contribution in [3.05, 3.63) is 70.0 Å². The summed E-state index contributed by atoms with van der Waals surface area (Å²) in [6.07, 6.45) is 0. The third-order valence-electron chi connectivity index (χ3n) is 3.39. The molecule has 134 valence electrons. The molecule has 0 saturated heterocycles. The van der Waals surface area contributed by atoms with Crippen molar-refractivity contribution in [2.75, 3.05) is 0 Å². The highest BCUT2D eigenvalue weighted by Crippen LogP contribution is 2.21. The predicted molar refractivity (Wildman–Crippen MR) is 102 cm³/mol. The molecule has 0 fully saturated rings. The fourth-order valence-corrected chi connectivity index (χ4v) is 2.12. The minimum Gasteiger partial charge on any atom is -0.246 e. The third kappa shape index (κ3) is 7.92. The summed E-state index contributed by atoms with van der Waals surface area (Å²) >= 11 is 5.58. The van der Waals surface area contributed by atoms with Crippen LogP contribution in [0.15, 0.2) is 42.5 Å². The lowest BCUT2D eigenvalue weighted by Gasteiger charge is -2.05. The first kappa shape index (κ1) is 22.6. The molecule has 0 aromatic heterocycles. The van der Waals surface area contributed by atoms with Gasteiger partial charge in [-0.3, -0.25) is 0 Å². The van der Waals surface area contributed by atoms with E-state index in [1.165, 1.54) is 11.6 Å². The number of hydrogen-bond acceptors (Lipinski definition) is 0. The van der Waals surface area contributed by atoms with E-state index in [0.29, 0.717) is 10.9 Å². The number of alkyl halides is 1. The molecule has 0 amide bonds. The van der Waals surface area contributed by atoms with Crippen LogP contribution in [-0.2, 0) is 6.67 Å². The maximum atomic E-state index is 13.0. The monoisotopic (exact) mass is 354 g/mol. The fourth-order valence-electron chi connectivity index (χ4n) is 1.96. The zero-order chi connectivity index (χ0) is 18.7. The zero-order valence-electron chi connectivity index (χ0n) is 15.5. The summed E-state index contributed by atoms with van der Waals surface area (Å²) in [4.78, 5) is 0. The van der Waals surface area contributed by atoms with Gasteiger partial charge in [-0.15, -0.1) is 0 Å². The van der Waals surface area contributed by atoms with Crippen LogP contribution in [0.25, 0.3) is 0 Å². The number of hydrogen-bond donors (Lipinski definition) is 0. The number of halogens is 3. The van der Waals surface area contributed by atoms with E-state index in [2.05, 4.69) is 13.8 Å². The molecule has 0 nitrogen and oxygen atoms in total. The number of rotatable bonds is 3. The Kier molecular flexibility index (Phi) is 11.3. The van der Waals surface area contributed by atoms with E-state index in [-0.39, 0.29) is 18.4 Å². The molecule has 2 aromatic rings. The van der Waals surface area contributed by atoms with Gasteiger partial charge in [0, 0.05) is 5.02 Å². The highest BCUT2D eigenvalue weighted by atomic mass is 35.5. The molecule has 0 unspecified atom stereocenters. The lowest BCUT2D eigenvalue weighted by molar-refractivity contribution is 0.485. The van der Waals surface area contributed by atoms with Crippen molar-refractivity contribution < 1.29 is 8.78 Å².